The van der Waals surface area contributed by atoms with Gasteiger partial charge in [-0.3, -0.25) is 10.0 Å². The van der Waals surface area contributed by atoms with Gasteiger partial charge in [-0.05, 0) is 52.2 Å². The maximum absolute atomic E-state index is 12.7. The van der Waals surface area contributed by atoms with Crippen molar-refractivity contribution in [1.29, 1.82) is 0 Å². The van der Waals surface area contributed by atoms with Crippen molar-refractivity contribution in [2.45, 2.75) is 11.8 Å². The topological polar surface area (TPSA) is 112 Å². The van der Waals surface area contributed by atoms with Crippen molar-refractivity contribution < 1.29 is 28.3 Å². The Hall–Kier alpha value is -2.75. The van der Waals surface area contributed by atoms with E-state index >= 15 is 0 Å². The van der Waals surface area contributed by atoms with Crippen LogP contribution in [0, 0.1) is 0 Å². The van der Waals surface area contributed by atoms with Gasteiger partial charge in [0.2, 0.25) is 6.41 Å². The Labute approximate surface area is 165 Å². The van der Waals surface area contributed by atoms with Crippen LogP contribution in [0.2, 0.25) is 0 Å². The Morgan fingerprint density at radius 2 is 1.86 bits per heavy atom. The van der Waals surface area contributed by atoms with Crippen LogP contribution in [0.25, 0.3) is 10.1 Å². The number of benzene rings is 2. The first-order chi connectivity index (χ1) is 13.3. The molecule has 1 heterocycles. The van der Waals surface area contributed by atoms with Gasteiger partial charge in [-0.15, -0.1) is 11.3 Å². The number of nitrogens with zero attached hydrogens (tertiary/aromatic N) is 1. The van der Waals surface area contributed by atoms with E-state index in [1.54, 1.807) is 23.5 Å². The predicted octanol–water partition coefficient (Wildman–Crippen LogP) is 3.10. The quantitative estimate of drug-likeness (QED) is 0.330. The summed E-state index contributed by atoms with van der Waals surface area (Å²) in [4.78, 5) is 22.0. The van der Waals surface area contributed by atoms with E-state index in [2.05, 4.69) is 0 Å². The average molecular weight is 419 g/mol. The molecule has 3 aromatic rings. The summed E-state index contributed by atoms with van der Waals surface area (Å²) in [6, 6.07) is 11.5. The second-order valence-electron chi connectivity index (χ2n) is 6.28. The first kappa shape index (κ1) is 20.0. The number of carboxylic acid groups (broad SMARTS) is 1. The lowest BCUT2D eigenvalue weighted by molar-refractivity contribution is -0.158. The molecule has 1 amide bonds. The second kappa shape index (κ2) is 8.09. The Morgan fingerprint density at radius 3 is 2.50 bits per heavy atom. The lowest BCUT2D eigenvalue weighted by atomic mass is 10.1. The van der Waals surface area contributed by atoms with Crippen molar-refractivity contribution in [3.05, 3.63) is 70.6 Å². The van der Waals surface area contributed by atoms with Gasteiger partial charge in [0.15, 0.2) is 9.84 Å². The van der Waals surface area contributed by atoms with Crippen molar-refractivity contribution in [3.8, 4) is 0 Å². The number of carbonyl (C=O) groups excluding carboxylic acids is 1. The van der Waals surface area contributed by atoms with E-state index < -0.39 is 27.6 Å². The van der Waals surface area contributed by atoms with Crippen molar-refractivity contribution in [2.75, 3.05) is 5.75 Å². The average Bonchev–Trinajstić information content (AvgIpc) is 3.13. The number of thiophene rings is 1. The Bertz CT molecular complexity index is 1100. The van der Waals surface area contributed by atoms with Gasteiger partial charge in [0, 0.05) is 4.70 Å². The molecule has 7 nitrogen and oxygen atoms in total. The molecule has 1 aromatic heterocycles. The van der Waals surface area contributed by atoms with Gasteiger partial charge in [0.25, 0.3) is 0 Å². The van der Waals surface area contributed by atoms with Crippen LogP contribution in [0.4, 0.5) is 0 Å². The maximum atomic E-state index is 12.7. The molecule has 0 fully saturated rings. The highest BCUT2D eigenvalue weighted by molar-refractivity contribution is 7.90. The van der Waals surface area contributed by atoms with Gasteiger partial charge in [-0.1, -0.05) is 18.2 Å². The number of sulfone groups is 1. The van der Waals surface area contributed by atoms with Gasteiger partial charge in [0.1, 0.15) is 0 Å². The minimum absolute atomic E-state index is 0.0185. The number of aromatic carboxylic acids is 1. The molecule has 0 spiro atoms. The van der Waals surface area contributed by atoms with Gasteiger partial charge < -0.3 is 5.11 Å². The molecule has 146 valence electrons. The van der Waals surface area contributed by atoms with Crippen LogP contribution < -0.4 is 0 Å². The molecule has 1 atom stereocenters. The van der Waals surface area contributed by atoms with Crippen molar-refractivity contribution in [1.82, 2.24) is 5.06 Å². The Balaban J connectivity index is 1.84. The summed E-state index contributed by atoms with van der Waals surface area (Å²) in [7, 11) is -3.69. The zero-order valence-corrected chi connectivity index (χ0v) is 16.2. The fourth-order valence-electron chi connectivity index (χ4n) is 2.91. The number of rotatable bonds is 8. The number of carboxylic acids is 1. The highest BCUT2D eigenvalue weighted by atomic mass is 32.2. The van der Waals surface area contributed by atoms with Crippen molar-refractivity contribution >= 4 is 43.6 Å². The molecule has 0 saturated carbocycles. The molecule has 0 aliphatic heterocycles. The van der Waals surface area contributed by atoms with Crippen LogP contribution in [0.3, 0.4) is 0 Å². The standard InChI is InChI=1S/C19H17NO6S2/c21-12-20(24)17(14-2-4-15(5-3-14)19(22)23)11-28(25,26)10-13-1-6-18-16(9-13)7-8-27-18/h1-9,12,17,24H,10-11H2,(H,22,23). The number of hydrogen-bond donors (Lipinski definition) is 2. The van der Waals surface area contributed by atoms with E-state index in [4.69, 9.17) is 5.11 Å². The summed E-state index contributed by atoms with van der Waals surface area (Å²) in [5.41, 5.74) is 0.947. The van der Waals surface area contributed by atoms with Gasteiger partial charge in [0.05, 0.1) is 23.1 Å². The lowest BCUT2D eigenvalue weighted by Crippen LogP contribution is -2.30. The van der Waals surface area contributed by atoms with Gasteiger partial charge in [-0.25, -0.2) is 18.3 Å². The summed E-state index contributed by atoms with van der Waals surface area (Å²) in [5, 5.41) is 22.0. The van der Waals surface area contributed by atoms with E-state index in [9.17, 15) is 23.2 Å². The number of hydrogen-bond acceptors (Lipinski definition) is 6. The monoisotopic (exact) mass is 419 g/mol. The van der Waals surface area contributed by atoms with Gasteiger partial charge in [-0.2, -0.15) is 0 Å². The summed E-state index contributed by atoms with van der Waals surface area (Å²) >= 11 is 1.56. The third-order valence-electron chi connectivity index (χ3n) is 4.28. The van der Waals surface area contributed by atoms with Crippen LogP contribution in [0.5, 0.6) is 0 Å². The molecule has 0 aliphatic carbocycles. The largest absolute Gasteiger partial charge is 0.478 e. The first-order valence-electron chi connectivity index (χ1n) is 8.21. The summed E-state index contributed by atoms with van der Waals surface area (Å²) in [6.07, 6.45) is 0.128. The summed E-state index contributed by atoms with van der Waals surface area (Å²) < 4.78 is 26.5. The van der Waals surface area contributed by atoms with Crippen LogP contribution >= 0.6 is 11.3 Å². The normalized spacial score (nSPS) is 12.6. The van der Waals surface area contributed by atoms with Crippen molar-refractivity contribution in [2.24, 2.45) is 0 Å². The van der Waals surface area contributed by atoms with Crippen LogP contribution in [-0.2, 0) is 20.4 Å². The number of fused-ring (bicyclic) bond motifs is 1. The maximum Gasteiger partial charge on any atom is 0.335 e. The van der Waals surface area contributed by atoms with E-state index in [1.807, 2.05) is 17.5 Å². The highest BCUT2D eigenvalue weighted by Crippen LogP contribution is 2.25. The molecule has 0 saturated heterocycles. The van der Waals surface area contributed by atoms with Gasteiger partial charge >= 0.3 is 5.97 Å². The van der Waals surface area contributed by atoms with E-state index in [1.165, 1.54) is 24.3 Å². The van der Waals surface area contributed by atoms with Crippen LogP contribution in [0.15, 0.2) is 53.9 Å². The molecule has 28 heavy (non-hydrogen) atoms. The molecule has 2 N–H and O–H groups in total. The van der Waals surface area contributed by atoms with E-state index in [-0.39, 0.29) is 22.8 Å². The highest BCUT2D eigenvalue weighted by Gasteiger charge is 2.26. The smallest absolute Gasteiger partial charge is 0.335 e. The lowest BCUT2D eigenvalue weighted by Gasteiger charge is -2.23. The second-order valence-corrected chi connectivity index (χ2v) is 9.33. The van der Waals surface area contributed by atoms with Crippen molar-refractivity contribution in [3.63, 3.8) is 0 Å². The molecular formula is C19H17NO6S2. The molecule has 2 aromatic carbocycles. The molecule has 9 heteroatoms. The Morgan fingerprint density at radius 1 is 1.14 bits per heavy atom. The summed E-state index contributed by atoms with van der Waals surface area (Å²) in [6.45, 7) is 0. The fraction of sp³-hybridized carbons (Fsp3) is 0.158. The van der Waals surface area contributed by atoms with Crippen LogP contribution in [-0.4, -0.2) is 41.9 Å². The third-order valence-corrected chi connectivity index (χ3v) is 6.78. The minimum Gasteiger partial charge on any atom is -0.478 e. The first-order valence-corrected chi connectivity index (χ1v) is 10.9. The predicted molar refractivity (Wildman–Crippen MR) is 105 cm³/mol. The minimum atomic E-state index is -3.69. The van der Waals surface area contributed by atoms with Crippen LogP contribution in [0.1, 0.15) is 27.5 Å². The zero-order valence-electron chi connectivity index (χ0n) is 14.6. The number of amides is 1. The molecular weight excluding hydrogens is 402 g/mol. The Kier molecular flexibility index (Phi) is 5.78. The number of hydroxylamine groups is 2. The molecule has 0 radical (unpaired) electrons. The molecule has 0 aliphatic rings. The fourth-order valence-corrected chi connectivity index (χ4v) is 5.31. The van der Waals surface area contributed by atoms with E-state index in [0.29, 0.717) is 11.1 Å². The van der Waals surface area contributed by atoms with E-state index in [0.717, 1.165) is 10.1 Å². The SMILES string of the molecule is O=CN(O)C(CS(=O)(=O)Cc1ccc2sccc2c1)c1ccc(C(=O)O)cc1. The zero-order chi connectivity index (χ0) is 20.3. The molecule has 0 bridgehead atoms. The molecule has 3 rings (SSSR count). The molecule has 1 unspecified atom stereocenters. The third kappa shape index (κ3) is 4.56. The number of carbonyl (C=O) groups is 2. The summed E-state index contributed by atoms with van der Waals surface area (Å²) in [5.74, 6) is -1.87.